The van der Waals surface area contributed by atoms with Crippen molar-refractivity contribution in [2.45, 2.75) is 44.4 Å². The average molecular weight is 625 g/mol. The number of hydrogen-bond acceptors (Lipinski definition) is 8. The number of amides is 1. The van der Waals surface area contributed by atoms with Crippen molar-refractivity contribution in [3.8, 4) is 22.9 Å². The van der Waals surface area contributed by atoms with Crippen molar-refractivity contribution in [1.29, 1.82) is 0 Å². The molecule has 1 aliphatic carbocycles. The molecule has 1 amide bonds. The van der Waals surface area contributed by atoms with Gasteiger partial charge in [-0.2, -0.15) is 0 Å². The number of nitrogens with zero attached hydrogens (tertiary/aromatic N) is 5. The molecular weight excluding hydrogens is 594 g/mol. The molecule has 2 N–H and O–H groups in total. The molecule has 6 rings (SSSR count). The molecule has 1 saturated carbocycles. The van der Waals surface area contributed by atoms with Crippen LogP contribution in [0.2, 0.25) is 0 Å². The topological polar surface area (TPSA) is 138 Å². The molecule has 0 spiro atoms. The Bertz CT molecular complexity index is 1870. The number of likely N-dealkylation sites (tertiary alicyclic amines) is 1. The number of aryl methyl sites for hydroxylation is 1. The lowest BCUT2D eigenvalue weighted by Gasteiger charge is -2.31. The molecule has 1 aliphatic heterocycles. The number of nitrogens with one attached hydrogen (secondary N) is 1. The van der Waals surface area contributed by atoms with E-state index in [0.717, 1.165) is 18.7 Å². The van der Waals surface area contributed by atoms with Crippen LogP contribution in [0.25, 0.3) is 22.0 Å². The van der Waals surface area contributed by atoms with Crippen LogP contribution in [-0.4, -0.2) is 70.6 Å². The third-order valence-corrected chi connectivity index (χ3v) is 8.93. The first-order valence-electron chi connectivity index (χ1n) is 14.1. The zero-order chi connectivity index (χ0) is 31.2. The van der Waals surface area contributed by atoms with Gasteiger partial charge in [0.05, 0.1) is 23.2 Å². The molecule has 230 valence electrons. The number of alkyl halides is 1. The van der Waals surface area contributed by atoms with E-state index in [1.165, 1.54) is 11.0 Å². The zero-order valence-electron chi connectivity index (χ0n) is 24.0. The smallest absolute Gasteiger partial charge is 0.407 e. The van der Waals surface area contributed by atoms with Crippen LogP contribution in [0.1, 0.15) is 31.2 Å². The highest BCUT2D eigenvalue weighted by Gasteiger charge is 2.54. The van der Waals surface area contributed by atoms with Crippen molar-refractivity contribution in [3.05, 3.63) is 66.2 Å². The van der Waals surface area contributed by atoms with E-state index >= 15 is 8.78 Å². The standard InChI is InChI=1S/C30H30F2N6O5S/c1-18-7-8-20-21(9-10-23(31)25(20)38(44(2,41)42)30(32)12-13-30)26(18)43-27-22(6-3-14-33-27)24-11-15-34-28(36-24)35-19-5-4-16-37(17-19)29(39)40/h3,6-11,14-15,19H,4-5,12-13,16-17H2,1-2H3,(H,39,40)(H,34,35,36). The van der Waals surface area contributed by atoms with Gasteiger partial charge < -0.3 is 20.1 Å². The van der Waals surface area contributed by atoms with Gasteiger partial charge in [-0.1, -0.05) is 12.1 Å². The maximum Gasteiger partial charge on any atom is 0.407 e. The molecule has 2 aromatic heterocycles. The number of hydrogen-bond donors (Lipinski definition) is 2. The molecule has 3 heterocycles. The second-order valence-electron chi connectivity index (χ2n) is 11.1. The monoisotopic (exact) mass is 624 g/mol. The summed E-state index contributed by atoms with van der Waals surface area (Å²) in [6.07, 6.45) is 4.42. The molecule has 2 fully saturated rings. The van der Waals surface area contributed by atoms with E-state index < -0.39 is 27.7 Å². The quantitative estimate of drug-likeness (QED) is 0.236. The number of rotatable bonds is 8. The summed E-state index contributed by atoms with van der Waals surface area (Å²) in [5.74, 6) is -2.27. The van der Waals surface area contributed by atoms with E-state index in [2.05, 4.69) is 20.3 Å². The number of benzene rings is 2. The van der Waals surface area contributed by atoms with Crippen molar-refractivity contribution >= 4 is 38.5 Å². The number of halogens is 2. The number of carbonyl (C=O) groups is 1. The van der Waals surface area contributed by atoms with Crippen molar-refractivity contribution in [2.24, 2.45) is 0 Å². The number of fused-ring (bicyclic) bond motifs is 1. The molecule has 4 aromatic rings. The Hall–Kier alpha value is -4.59. The fraction of sp³-hybridized carbons (Fsp3) is 0.333. The number of pyridine rings is 1. The van der Waals surface area contributed by atoms with E-state index in [1.807, 2.05) is 0 Å². The van der Waals surface area contributed by atoms with E-state index in [-0.39, 0.29) is 35.8 Å². The Kier molecular flexibility index (Phi) is 7.48. The molecule has 44 heavy (non-hydrogen) atoms. The summed E-state index contributed by atoms with van der Waals surface area (Å²) < 4.78 is 62.9. The van der Waals surface area contributed by atoms with Gasteiger partial charge in [0.25, 0.3) is 0 Å². The largest absolute Gasteiger partial charge is 0.465 e. The van der Waals surface area contributed by atoms with E-state index in [9.17, 15) is 18.3 Å². The summed E-state index contributed by atoms with van der Waals surface area (Å²) in [4.78, 5) is 26.1. The summed E-state index contributed by atoms with van der Waals surface area (Å²) in [6, 6.07) is 10.8. The predicted octanol–water partition coefficient (Wildman–Crippen LogP) is 5.71. The van der Waals surface area contributed by atoms with Crippen LogP contribution < -0.4 is 14.4 Å². The molecule has 1 saturated heterocycles. The number of ether oxygens (including phenoxy) is 1. The first-order chi connectivity index (χ1) is 20.9. The van der Waals surface area contributed by atoms with Crippen molar-refractivity contribution in [1.82, 2.24) is 19.9 Å². The molecular formula is C30H30F2N6O5S. The van der Waals surface area contributed by atoms with Gasteiger partial charge in [-0.15, -0.1) is 0 Å². The average Bonchev–Trinajstić information content (AvgIpc) is 3.73. The molecule has 1 unspecified atom stereocenters. The Balaban J connectivity index is 1.36. The van der Waals surface area contributed by atoms with Crippen LogP contribution in [0.5, 0.6) is 11.6 Å². The first-order valence-corrected chi connectivity index (χ1v) is 15.9. The molecule has 2 aromatic carbocycles. The second kappa shape index (κ2) is 11.2. The van der Waals surface area contributed by atoms with Crippen LogP contribution >= 0.6 is 0 Å². The third kappa shape index (κ3) is 5.68. The summed E-state index contributed by atoms with van der Waals surface area (Å²) >= 11 is 0. The number of piperidine rings is 1. The minimum absolute atomic E-state index is 0.0310. The zero-order valence-corrected chi connectivity index (χ0v) is 24.8. The SMILES string of the molecule is Cc1ccc2c(N(C3(F)CC3)S(C)(=O)=O)c(F)ccc2c1Oc1ncccc1-c1ccnc(NC2CCCN(C(=O)O)C2)n1. The van der Waals surface area contributed by atoms with E-state index in [4.69, 9.17) is 4.74 Å². The molecule has 1 atom stereocenters. The van der Waals surface area contributed by atoms with Gasteiger partial charge in [-0.25, -0.2) is 41.3 Å². The Labute approximate surface area is 252 Å². The van der Waals surface area contributed by atoms with Crippen LogP contribution in [-0.2, 0) is 10.0 Å². The fourth-order valence-corrected chi connectivity index (χ4v) is 6.84. The number of sulfonamides is 1. The molecule has 2 aliphatic rings. The van der Waals surface area contributed by atoms with Gasteiger partial charge in [0.2, 0.25) is 21.9 Å². The summed E-state index contributed by atoms with van der Waals surface area (Å²) in [5, 5.41) is 13.1. The highest BCUT2D eigenvalue weighted by atomic mass is 32.2. The van der Waals surface area contributed by atoms with Crippen LogP contribution in [0.15, 0.2) is 54.9 Å². The van der Waals surface area contributed by atoms with Crippen LogP contribution in [0, 0.1) is 12.7 Å². The molecule has 11 nitrogen and oxygen atoms in total. The molecule has 14 heteroatoms. The fourth-order valence-electron chi connectivity index (χ4n) is 5.55. The van der Waals surface area contributed by atoms with E-state index in [0.29, 0.717) is 57.7 Å². The summed E-state index contributed by atoms with van der Waals surface area (Å²) in [7, 11) is -4.16. The second-order valence-corrected chi connectivity index (χ2v) is 12.9. The van der Waals surface area contributed by atoms with Crippen molar-refractivity contribution < 1.29 is 31.8 Å². The van der Waals surface area contributed by atoms with Crippen molar-refractivity contribution in [3.63, 3.8) is 0 Å². The van der Waals surface area contributed by atoms with Gasteiger partial charge in [0.15, 0.2) is 5.79 Å². The summed E-state index contributed by atoms with van der Waals surface area (Å²) in [6.45, 7) is 2.57. The Morgan fingerprint density at radius 3 is 2.64 bits per heavy atom. The van der Waals surface area contributed by atoms with Gasteiger partial charge in [0, 0.05) is 55.1 Å². The lowest BCUT2D eigenvalue weighted by atomic mass is 10.0. The van der Waals surface area contributed by atoms with Gasteiger partial charge in [0.1, 0.15) is 11.6 Å². The third-order valence-electron chi connectivity index (χ3n) is 7.76. The molecule has 0 bridgehead atoms. The lowest BCUT2D eigenvalue weighted by Crippen LogP contribution is -2.44. The van der Waals surface area contributed by atoms with Gasteiger partial charge in [-0.05, 0) is 55.7 Å². The normalized spacial score (nSPS) is 17.7. The maximum absolute atomic E-state index is 15.3. The van der Waals surface area contributed by atoms with Gasteiger partial charge >= 0.3 is 6.09 Å². The minimum atomic E-state index is -4.16. The first kappa shape index (κ1) is 29.5. The minimum Gasteiger partial charge on any atom is -0.465 e. The van der Waals surface area contributed by atoms with Gasteiger partial charge in [-0.3, -0.25) is 0 Å². The number of anilines is 2. The highest BCUT2D eigenvalue weighted by molar-refractivity contribution is 7.92. The maximum atomic E-state index is 15.3. The predicted molar refractivity (Wildman–Crippen MR) is 161 cm³/mol. The van der Waals surface area contributed by atoms with Crippen LogP contribution in [0.3, 0.4) is 0 Å². The van der Waals surface area contributed by atoms with Crippen molar-refractivity contribution in [2.75, 3.05) is 29.0 Å². The summed E-state index contributed by atoms with van der Waals surface area (Å²) in [5.41, 5.74) is 1.29. The Morgan fingerprint density at radius 2 is 1.91 bits per heavy atom. The van der Waals surface area contributed by atoms with E-state index in [1.54, 1.807) is 49.6 Å². The Morgan fingerprint density at radius 1 is 1.14 bits per heavy atom. The van der Waals surface area contributed by atoms with Crippen LogP contribution in [0.4, 0.5) is 25.2 Å². The number of aromatic nitrogens is 3. The highest BCUT2D eigenvalue weighted by Crippen LogP contribution is 2.50. The molecule has 0 radical (unpaired) electrons. The number of carboxylic acid groups (broad SMARTS) is 1. The lowest BCUT2D eigenvalue weighted by molar-refractivity contribution is 0.132.